The van der Waals surface area contributed by atoms with Crippen molar-refractivity contribution in [1.82, 2.24) is 9.38 Å². The third-order valence-electron chi connectivity index (χ3n) is 2.00. The second kappa shape index (κ2) is 3.94. The Morgan fingerprint density at radius 1 is 1.62 bits per heavy atom. The van der Waals surface area contributed by atoms with E-state index in [4.69, 9.17) is 16.7 Å². The maximum atomic E-state index is 13.6. The molecule has 2 aromatic heterocycles. The Labute approximate surface area is 94.6 Å². The summed E-state index contributed by atoms with van der Waals surface area (Å²) in [6.45, 7) is 0. The van der Waals surface area contributed by atoms with Gasteiger partial charge < -0.3 is 9.51 Å². The number of aliphatic carboxylic acids is 1. The predicted octanol–water partition coefficient (Wildman–Crippen LogP) is 2.22. The molecular formula is C10H6ClFN2O2. The van der Waals surface area contributed by atoms with Gasteiger partial charge in [-0.1, -0.05) is 11.6 Å². The van der Waals surface area contributed by atoms with Gasteiger partial charge in [0.2, 0.25) is 0 Å². The number of pyridine rings is 1. The normalized spacial score (nSPS) is 11.4. The Morgan fingerprint density at radius 2 is 2.38 bits per heavy atom. The summed E-state index contributed by atoms with van der Waals surface area (Å²) >= 11 is 5.62. The third-order valence-corrected chi connectivity index (χ3v) is 2.30. The Morgan fingerprint density at radius 3 is 3.06 bits per heavy atom. The molecule has 0 radical (unpaired) electrons. The van der Waals surface area contributed by atoms with Crippen LogP contribution in [0.5, 0.6) is 0 Å². The molecule has 2 heterocycles. The second-order valence-corrected chi connectivity index (χ2v) is 3.44. The number of carboxylic acid groups (broad SMARTS) is 1. The van der Waals surface area contributed by atoms with Gasteiger partial charge >= 0.3 is 5.97 Å². The summed E-state index contributed by atoms with van der Waals surface area (Å²) in [7, 11) is 0. The van der Waals surface area contributed by atoms with Crippen LogP contribution in [0.15, 0.2) is 24.7 Å². The molecule has 0 unspecified atom stereocenters. The van der Waals surface area contributed by atoms with Gasteiger partial charge in [-0.3, -0.25) is 0 Å². The molecule has 0 spiro atoms. The van der Waals surface area contributed by atoms with Crippen molar-refractivity contribution < 1.29 is 14.3 Å². The molecule has 0 aliphatic heterocycles. The fourth-order valence-corrected chi connectivity index (χ4v) is 1.46. The molecule has 0 atom stereocenters. The molecule has 0 saturated heterocycles. The van der Waals surface area contributed by atoms with Gasteiger partial charge in [-0.05, 0) is 12.1 Å². The molecule has 0 aliphatic rings. The van der Waals surface area contributed by atoms with Crippen molar-refractivity contribution in [3.05, 3.63) is 41.2 Å². The zero-order chi connectivity index (χ0) is 11.7. The van der Waals surface area contributed by atoms with Gasteiger partial charge in [0, 0.05) is 12.3 Å². The van der Waals surface area contributed by atoms with Crippen LogP contribution in [0.4, 0.5) is 4.39 Å². The van der Waals surface area contributed by atoms with Crippen LogP contribution >= 0.6 is 11.6 Å². The lowest BCUT2D eigenvalue weighted by atomic mass is 10.3. The third kappa shape index (κ3) is 1.77. The van der Waals surface area contributed by atoms with Gasteiger partial charge in [0.1, 0.15) is 5.52 Å². The molecule has 2 rings (SSSR count). The molecule has 0 bridgehead atoms. The first-order valence-corrected chi connectivity index (χ1v) is 4.69. The number of fused-ring (bicyclic) bond motifs is 1. The monoisotopic (exact) mass is 240 g/mol. The highest BCUT2D eigenvalue weighted by molar-refractivity contribution is 6.31. The van der Waals surface area contributed by atoms with Crippen LogP contribution in [-0.2, 0) is 4.79 Å². The largest absolute Gasteiger partial charge is 0.478 e. The first-order valence-electron chi connectivity index (χ1n) is 4.31. The number of nitrogens with zero attached hydrogens (tertiary/aromatic N) is 2. The lowest BCUT2D eigenvalue weighted by Crippen LogP contribution is -1.89. The zero-order valence-corrected chi connectivity index (χ0v) is 8.65. The van der Waals surface area contributed by atoms with Crippen molar-refractivity contribution in [3.8, 4) is 0 Å². The van der Waals surface area contributed by atoms with E-state index in [1.807, 2.05) is 0 Å². The van der Waals surface area contributed by atoms with E-state index in [0.717, 1.165) is 6.08 Å². The molecule has 82 valence electrons. The molecule has 0 fully saturated rings. The van der Waals surface area contributed by atoms with Crippen molar-refractivity contribution in [2.75, 3.05) is 0 Å². The van der Waals surface area contributed by atoms with E-state index in [0.29, 0.717) is 0 Å². The van der Waals surface area contributed by atoms with Gasteiger partial charge in [-0.25, -0.2) is 14.2 Å². The minimum absolute atomic E-state index is 0.0297. The van der Waals surface area contributed by atoms with Gasteiger partial charge in [0.15, 0.2) is 5.82 Å². The number of hydrogen-bond acceptors (Lipinski definition) is 2. The fourth-order valence-electron chi connectivity index (χ4n) is 1.32. The summed E-state index contributed by atoms with van der Waals surface area (Å²) in [5.41, 5.74) is 0.382. The number of imidazole rings is 1. The summed E-state index contributed by atoms with van der Waals surface area (Å²) in [4.78, 5) is 14.2. The maximum Gasteiger partial charge on any atom is 0.328 e. The van der Waals surface area contributed by atoms with E-state index in [1.165, 1.54) is 22.9 Å². The van der Waals surface area contributed by atoms with E-state index >= 15 is 0 Å². The number of halogens is 2. The average Bonchev–Trinajstić information content (AvgIpc) is 2.64. The summed E-state index contributed by atoms with van der Waals surface area (Å²) in [6, 6.07) is 1.40. The molecule has 4 nitrogen and oxygen atoms in total. The van der Waals surface area contributed by atoms with Crippen LogP contribution < -0.4 is 0 Å². The molecule has 0 amide bonds. The van der Waals surface area contributed by atoms with E-state index in [2.05, 4.69) is 4.98 Å². The highest BCUT2D eigenvalue weighted by Crippen LogP contribution is 2.22. The standard InChI is InChI=1S/C10H6ClFN2O2/c11-6-3-4-14-5-13-7(1-2-8(15)16)10(14)9(6)12/h1-5H,(H,15,16). The van der Waals surface area contributed by atoms with Crippen LogP contribution in [0.1, 0.15) is 5.69 Å². The van der Waals surface area contributed by atoms with Crippen molar-refractivity contribution in [3.63, 3.8) is 0 Å². The summed E-state index contributed by atoms with van der Waals surface area (Å²) in [6.07, 6.45) is 5.04. The molecule has 16 heavy (non-hydrogen) atoms. The number of carboxylic acids is 1. The Hall–Kier alpha value is -1.88. The quantitative estimate of drug-likeness (QED) is 0.819. The molecule has 0 saturated carbocycles. The van der Waals surface area contributed by atoms with Crippen molar-refractivity contribution >= 4 is 29.2 Å². The lowest BCUT2D eigenvalue weighted by Gasteiger charge is -1.98. The van der Waals surface area contributed by atoms with Crippen LogP contribution in [0.3, 0.4) is 0 Å². The highest BCUT2D eigenvalue weighted by Gasteiger charge is 2.10. The molecule has 2 aromatic rings. The Kier molecular flexibility index (Phi) is 2.62. The van der Waals surface area contributed by atoms with Gasteiger partial charge in [0.05, 0.1) is 17.0 Å². The first-order chi connectivity index (χ1) is 7.59. The van der Waals surface area contributed by atoms with Crippen molar-refractivity contribution in [1.29, 1.82) is 0 Å². The minimum Gasteiger partial charge on any atom is -0.478 e. The number of hydrogen-bond donors (Lipinski definition) is 1. The van der Waals surface area contributed by atoms with Gasteiger partial charge in [-0.15, -0.1) is 0 Å². The van der Waals surface area contributed by atoms with Gasteiger partial charge in [0.25, 0.3) is 0 Å². The number of aromatic nitrogens is 2. The molecular weight excluding hydrogens is 235 g/mol. The summed E-state index contributed by atoms with van der Waals surface area (Å²) in [5, 5.41) is 8.44. The molecule has 0 aromatic carbocycles. The van der Waals surface area contributed by atoms with Crippen molar-refractivity contribution in [2.24, 2.45) is 0 Å². The maximum absolute atomic E-state index is 13.6. The second-order valence-electron chi connectivity index (χ2n) is 3.03. The van der Waals surface area contributed by atoms with E-state index in [-0.39, 0.29) is 16.2 Å². The SMILES string of the molecule is O=C(O)C=Cc1ncn2ccc(Cl)c(F)c12. The van der Waals surface area contributed by atoms with E-state index < -0.39 is 11.8 Å². The molecule has 6 heteroatoms. The fraction of sp³-hybridized carbons (Fsp3) is 0. The van der Waals surface area contributed by atoms with Crippen LogP contribution in [0, 0.1) is 5.82 Å². The Balaban J connectivity index is 2.63. The lowest BCUT2D eigenvalue weighted by molar-refractivity contribution is -0.131. The summed E-state index contributed by atoms with van der Waals surface area (Å²) < 4.78 is 15.1. The van der Waals surface area contributed by atoms with Crippen LogP contribution in [0.25, 0.3) is 11.6 Å². The topological polar surface area (TPSA) is 54.6 Å². The van der Waals surface area contributed by atoms with Crippen LogP contribution in [0.2, 0.25) is 5.02 Å². The number of rotatable bonds is 2. The first kappa shape index (κ1) is 10.6. The van der Waals surface area contributed by atoms with Gasteiger partial charge in [-0.2, -0.15) is 0 Å². The van der Waals surface area contributed by atoms with Crippen molar-refractivity contribution in [2.45, 2.75) is 0 Å². The van der Waals surface area contributed by atoms with E-state index in [1.54, 1.807) is 6.20 Å². The summed E-state index contributed by atoms with van der Waals surface area (Å²) in [5.74, 6) is -1.74. The van der Waals surface area contributed by atoms with Crippen LogP contribution in [-0.4, -0.2) is 20.5 Å². The Bertz CT molecular complexity index is 592. The van der Waals surface area contributed by atoms with E-state index in [9.17, 15) is 9.18 Å². The molecule has 1 N–H and O–H groups in total. The molecule has 0 aliphatic carbocycles. The predicted molar refractivity (Wildman–Crippen MR) is 56.8 cm³/mol. The smallest absolute Gasteiger partial charge is 0.328 e. The average molecular weight is 241 g/mol. The number of carbonyl (C=O) groups is 1. The highest BCUT2D eigenvalue weighted by atomic mass is 35.5. The zero-order valence-electron chi connectivity index (χ0n) is 7.89. The minimum atomic E-state index is -1.12.